The van der Waals surface area contributed by atoms with Crippen LogP contribution in [-0.4, -0.2) is 47.8 Å². The van der Waals surface area contributed by atoms with Crippen LogP contribution in [0.15, 0.2) is 24.4 Å². The Hall–Kier alpha value is -1.80. The zero-order chi connectivity index (χ0) is 15.6. The molecule has 0 saturated carbocycles. The minimum atomic E-state index is -0.264. The Labute approximate surface area is 146 Å². The highest BCUT2D eigenvalue weighted by atomic mass is 35.5. The fourth-order valence-corrected chi connectivity index (χ4v) is 3.07. The highest BCUT2D eigenvalue weighted by Gasteiger charge is 2.24. The van der Waals surface area contributed by atoms with Gasteiger partial charge in [0.25, 0.3) is 0 Å². The first kappa shape index (κ1) is 17.0. The van der Waals surface area contributed by atoms with E-state index in [0.717, 1.165) is 41.4 Å². The van der Waals surface area contributed by atoms with E-state index in [0.29, 0.717) is 13.1 Å². The maximum absolute atomic E-state index is 9.82. The smallest absolute Gasteiger partial charge is 0.231 e. The summed E-state index contributed by atoms with van der Waals surface area (Å²) in [6, 6.07) is 5.87. The molecular weight excluding hydrogens is 332 g/mol. The third kappa shape index (κ3) is 3.34. The van der Waals surface area contributed by atoms with E-state index in [4.69, 9.17) is 9.47 Å². The molecule has 24 heavy (non-hydrogen) atoms. The van der Waals surface area contributed by atoms with Gasteiger partial charge in [-0.15, -0.1) is 12.4 Å². The lowest BCUT2D eigenvalue weighted by Gasteiger charge is -2.14. The number of aliphatic hydroxyl groups is 1. The second kappa shape index (κ2) is 7.40. The van der Waals surface area contributed by atoms with Crippen LogP contribution in [-0.2, 0) is 6.54 Å². The summed E-state index contributed by atoms with van der Waals surface area (Å²) in [5.41, 5.74) is 3.08. The molecule has 0 radical (unpaired) electrons. The Bertz CT molecular complexity index is 694. The minimum absolute atomic E-state index is 0. The van der Waals surface area contributed by atoms with Crippen LogP contribution in [0, 0.1) is 5.92 Å². The van der Waals surface area contributed by atoms with Gasteiger partial charge in [0.05, 0.1) is 18.0 Å². The van der Waals surface area contributed by atoms with Gasteiger partial charge in [0, 0.05) is 43.2 Å². The summed E-state index contributed by atoms with van der Waals surface area (Å²) in [7, 11) is 0. The first-order valence-electron chi connectivity index (χ1n) is 7.83. The largest absolute Gasteiger partial charge is 0.454 e. The molecule has 0 bridgehead atoms. The van der Waals surface area contributed by atoms with Gasteiger partial charge in [0.15, 0.2) is 11.5 Å². The summed E-state index contributed by atoms with van der Waals surface area (Å²) in [5.74, 6) is 1.79. The third-order valence-electron chi connectivity index (χ3n) is 4.41. The molecule has 0 amide bonds. The summed E-state index contributed by atoms with van der Waals surface area (Å²) >= 11 is 0. The monoisotopic (exact) mass is 352 g/mol. The van der Waals surface area contributed by atoms with Crippen LogP contribution in [0.5, 0.6) is 11.5 Å². The predicted molar refractivity (Wildman–Crippen MR) is 91.5 cm³/mol. The van der Waals surface area contributed by atoms with Crippen LogP contribution in [0.4, 0.5) is 0 Å². The second-order valence-electron chi connectivity index (χ2n) is 5.95. The van der Waals surface area contributed by atoms with E-state index in [1.54, 1.807) is 0 Å². The quantitative estimate of drug-likeness (QED) is 0.639. The minimum Gasteiger partial charge on any atom is -0.454 e. The van der Waals surface area contributed by atoms with Crippen molar-refractivity contribution >= 4 is 12.4 Å². The highest BCUT2D eigenvalue weighted by molar-refractivity contribution is 5.85. The number of benzene rings is 1. The van der Waals surface area contributed by atoms with Crippen molar-refractivity contribution in [2.45, 2.75) is 12.6 Å². The van der Waals surface area contributed by atoms with Crippen LogP contribution in [0.3, 0.4) is 0 Å². The lowest BCUT2D eigenvalue weighted by molar-refractivity contribution is 0.146. The molecular formula is C16H21ClN4O3. The number of β-amino-alcohol motifs (C(OH)–C–C–N with tert-alkyl or cyclic N) is 1. The Morgan fingerprint density at radius 1 is 1.25 bits per heavy atom. The molecule has 4 rings (SSSR count). The second-order valence-corrected chi connectivity index (χ2v) is 5.95. The molecule has 3 heterocycles. The van der Waals surface area contributed by atoms with E-state index < -0.39 is 0 Å². The van der Waals surface area contributed by atoms with Gasteiger partial charge in [-0.1, -0.05) is 0 Å². The number of hydrogen-bond acceptors (Lipinski definition) is 6. The molecule has 2 aliphatic rings. The Morgan fingerprint density at radius 3 is 2.96 bits per heavy atom. The fraction of sp³-hybridized carbons (Fsp3) is 0.438. The first-order chi connectivity index (χ1) is 11.3. The van der Waals surface area contributed by atoms with E-state index >= 15 is 0 Å². The molecule has 8 heteroatoms. The topological polar surface area (TPSA) is 91.4 Å². The Kier molecular flexibility index (Phi) is 5.25. The summed E-state index contributed by atoms with van der Waals surface area (Å²) in [5, 5.41) is 23.6. The number of aromatic amines is 1. The number of aliphatic hydroxyl groups excluding tert-OH is 1. The van der Waals surface area contributed by atoms with E-state index in [1.165, 1.54) is 0 Å². The van der Waals surface area contributed by atoms with Gasteiger partial charge in [-0.05, 0) is 18.2 Å². The molecule has 0 spiro atoms. The Morgan fingerprint density at radius 2 is 2.12 bits per heavy atom. The number of ether oxygens (including phenoxy) is 2. The number of rotatable bonds is 5. The summed E-state index contributed by atoms with van der Waals surface area (Å²) in [4.78, 5) is 0. The molecule has 1 aromatic heterocycles. The molecule has 2 aromatic rings. The number of nitrogens with zero attached hydrogens (tertiary/aromatic N) is 1. The van der Waals surface area contributed by atoms with Gasteiger partial charge >= 0.3 is 0 Å². The summed E-state index contributed by atoms with van der Waals surface area (Å²) in [6.45, 7) is 3.28. The molecule has 130 valence electrons. The fourth-order valence-electron chi connectivity index (χ4n) is 3.07. The van der Waals surface area contributed by atoms with Gasteiger partial charge in [-0.2, -0.15) is 5.10 Å². The molecule has 1 fully saturated rings. The van der Waals surface area contributed by atoms with Crippen LogP contribution in [0.1, 0.15) is 5.56 Å². The summed E-state index contributed by atoms with van der Waals surface area (Å²) in [6.07, 6.45) is 1.57. The number of H-pyrrole nitrogens is 1. The average Bonchev–Trinajstić information content (AvgIpc) is 3.28. The SMILES string of the molecule is Cl.OC1CNCC1CNCc1cn[nH]c1-c1ccc2c(c1)OCO2. The van der Waals surface area contributed by atoms with Crippen molar-refractivity contribution in [2.24, 2.45) is 5.92 Å². The van der Waals surface area contributed by atoms with Crippen molar-refractivity contribution < 1.29 is 14.6 Å². The van der Waals surface area contributed by atoms with Crippen LogP contribution in [0.2, 0.25) is 0 Å². The number of nitrogens with one attached hydrogen (secondary N) is 3. The van der Waals surface area contributed by atoms with Gasteiger partial charge in [0.2, 0.25) is 6.79 Å². The molecule has 7 nitrogen and oxygen atoms in total. The molecule has 2 unspecified atom stereocenters. The van der Waals surface area contributed by atoms with Gasteiger partial charge in [0.1, 0.15) is 0 Å². The van der Waals surface area contributed by atoms with Crippen molar-refractivity contribution in [3.05, 3.63) is 30.0 Å². The van der Waals surface area contributed by atoms with Crippen LogP contribution < -0.4 is 20.1 Å². The number of halogens is 1. The average molecular weight is 353 g/mol. The first-order valence-corrected chi connectivity index (χ1v) is 7.83. The molecule has 1 saturated heterocycles. The zero-order valence-corrected chi connectivity index (χ0v) is 13.9. The number of aromatic nitrogens is 2. The van der Waals surface area contributed by atoms with Crippen LogP contribution in [0.25, 0.3) is 11.3 Å². The highest BCUT2D eigenvalue weighted by Crippen LogP contribution is 2.36. The van der Waals surface area contributed by atoms with Gasteiger partial charge in [-0.25, -0.2) is 0 Å². The van der Waals surface area contributed by atoms with E-state index in [-0.39, 0.29) is 31.2 Å². The van der Waals surface area contributed by atoms with Crippen molar-refractivity contribution in [3.8, 4) is 22.8 Å². The maximum Gasteiger partial charge on any atom is 0.231 e. The maximum atomic E-state index is 9.82. The lowest BCUT2D eigenvalue weighted by atomic mass is 10.1. The van der Waals surface area contributed by atoms with Crippen molar-refractivity contribution in [2.75, 3.05) is 26.4 Å². The van der Waals surface area contributed by atoms with Crippen LogP contribution >= 0.6 is 12.4 Å². The summed E-state index contributed by atoms with van der Waals surface area (Å²) < 4.78 is 10.8. The number of fused-ring (bicyclic) bond motifs is 1. The van der Waals surface area contributed by atoms with E-state index in [2.05, 4.69) is 20.8 Å². The Balaban J connectivity index is 0.00000169. The van der Waals surface area contributed by atoms with E-state index in [1.807, 2.05) is 24.4 Å². The lowest BCUT2D eigenvalue weighted by Crippen LogP contribution is -2.30. The van der Waals surface area contributed by atoms with Crippen molar-refractivity contribution in [1.82, 2.24) is 20.8 Å². The van der Waals surface area contributed by atoms with Crippen molar-refractivity contribution in [3.63, 3.8) is 0 Å². The van der Waals surface area contributed by atoms with E-state index in [9.17, 15) is 5.11 Å². The molecule has 4 N–H and O–H groups in total. The van der Waals surface area contributed by atoms with Gasteiger partial charge in [-0.3, -0.25) is 5.10 Å². The molecule has 2 aliphatic heterocycles. The van der Waals surface area contributed by atoms with Gasteiger partial charge < -0.3 is 25.2 Å². The standard InChI is InChI=1S/C16H20N4O3.ClH/c21-13-8-18-5-11(13)4-17-6-12-7-19-20-16(12)10-1-2-14-15(3-10)23-9-22-14;/h1-3,7,11,13,17-18,21H,4-6,8-9H2,(H,19,20);1H. The normalized spacial score (nSPS) is 21.7. The number of hydrogen-bond donors (Lipinski definition) is 4. The molecule has 1 aromatic carbocycles. The molecule has 0 aliphatic carbocycles. The predicted octanol–water partition coefficient (Wildman–Crippen LogP) is 0.897. The van der Waals surface area contributed by atoms with Crippen molar-refractivity contribution in [1.29, 1.82) is 0 Å². The third-order valence-corrected chi connectivity index (χ3v) is 4.41. The zero-order valence-electron chi connectivity index (χ0n) is 13.1. The molecule has 2 atom stereocenters.